The topological polar surface area (TPSA) is 51.7 Å². The minimum atomic E-state index is -0.307. The maximum atomic E-state index is 11.3. The lowest BCUT2D eigenvalue weighted by atomic mass is 9.73. The smallest absolute Gasteiger partial charge is 0.293 e. The first-order chi connectivity index (χ1) is 12.7. The van der Waals surface area contributed by atoms with Gasteiger partial charge in [-0.2, -0.15) is 0 Å². The van der Waals surface area contributed by atoms with Gasteiger partial charge < -0.3 is 9.47 Å². The van der Waals surface area contributed by atoms with Crippen LogP contribution >= 0.6 is 0 Å². The number of piperidine rings is 3. The second kappa shape index (κ2) is 7.08. The zero-order chi connectivity index (χ0) is 18.1. The zero-order valence-electron chi connectivity index (χ0n) is 15.0. The van der Waals surface area contributed by atoms with E-state index in [2.05, 4.69) is 22.5 Å². The number of hydrogen-bond donors (Lipinski definition) is 0. The number of ether oxygens (including phenoxy) is 2. The first kappa shape index (κ1) is 17.0. The molecule has 0 amide bonds. The quantitative estimate of drug-likeness (QED) is 0.589. The molecule has 0 aliphatic carbocycles. The average Bonchev–Trinajstić information content (AvgIpc) is 2.71. The van der Waals surface area contributed by atoms with Gasteiger partial charge in [-0.3, -0.25) is 14.7 Å². The molecule has 5 nitrogen and oxygen atoms in total. The van der Waals surface area contributed by atoms with E-state index in [1.54, 1.807) is 13.3 Å². The Kier molecular flexibility index (Phi) is 4.64. The number of rotatable bonds is 6. The minimum absolute atomic E-state index is 0.187. The number of benzene rings is 1. The van der Waals surface area contributed by atoms with Crippen LogP contribution in [0.15, 0.2) is 43.1 Å². The van der Waals surface area contributed by atoms with E-state index in [4.69, 9.17) is 9.47 Å². The molecule has 0 saturated carbocycles. The number of carbonyl (C=O) groups is 1. The molecule has 0 radical (unpaired) electrons. The maximum Gasteiger partial charge on any atom is 0.293 e. The number of hydrogen-bond acceptors (Lipinski definition) is 5. The molecule has 2 aromatic rings. The van der Waals surface area contributed by atoms with Gasteiger partial charge >= 0.3 is 0 Å². The summed E-state index contributed by atoms with van der Waals surface area (Å²) in [5.41, 5.74) is 1.87. The highest BCUT2D eigenvalue weighted by atomic mass is 16.5. The third-order valence-corrected chi connectivity index (χ3v) is 5.99. The first-order valence-electron chi connectivity index (χ1n) is 9.13. The Hall–Kier alpha value is -2.40. The fourth-order valence-electron chi connectivity index (χ4n) is 4.64. The first-order valence-corrected chi connectivity index (χ1v) is 9.13. The molecule has 3 aliphatic rings. The largest absolute Gasteiger partial charge is 0.497 e. The van der Waals surface area contributed by atoms with E-state index in [-0.39, 0.29) is 12.1 Å². The molecule has 4 heterocycles. The average molecular weight is 352 g/mol. The molecule has 5 heteroatoms. The lowest BCUT2D eigenvalue weighted by Gasteiger charge is -2.51. The molecular formula is C21H24N2O3. The van der Waals surface area contributed by atoms with Gasteiger partial charge in [-0.05, 0) is 55.5 Å². The van der Waals surface area contributed by atoms with Crippen molar-refractivity contribution in [1.82, 2.24) is 9.88 Å². The molecule has 1 aromatic heterocycles. The predicted molar refractivity (Wildman–Crippen MR) is 100.0 cm³/mol. The molecular weight excluding hydrogens is 328 g/mol. The summed E-state index contributed by atoms with van der Waals surface area (Å²) in [6.45, 7) is 6.60. The van der Waals surface area contributed by atoms with Crippen LogP contribution in [-0.2, 0) is 9.53 Å². The van der Waals surface area contributed by atoms with E-state index in [0.29, 0.717) is 18.3 Å². The van der Waals surface area contributed by atoms with E-state index in [1.165, 1.54) is 6.42 Å². The van der Waals surface area contributed by atoms with Crippen molar-refractivity contribution in [2.24, 2.45) is 11.8 Å². The van der Waals surface area contributed by atoms with Crippen molar-refractivity contribution in [2.75, 3.05) is 20.2 Å². The van der Waals surface area contributed by atoms with Crippen molar-refractivity contribution < 1.29 is 14.3 Å². The van der Waals surface area contributed by atoms with Crippen LogP contribution in [0.1, 0.15) is 24.5 Å². The summed E-state index contributed by atoms with van der Waals surface area (Å²) < 4.78 is 11.0. The van der Waals surface area contributed by atoms with Gasteiger partial charge in [0.25, 0.3) is 6.47 Å². The third kappa shape index (κ3) is 2.86. The fourth-order valence-corrected chi connectivity index (χ4v) is 4.64. The number of aromatic nitrogens is 1. The van der Waals surface area contributed by atoms with Gasteiger partial charge in [0.2, 0.25) is 0 Å². The Morgan fingerprint density at radius 1 is 1.38 bits per heavy atom. The van der Waals surface area contributed by atoms with Gasteiger partial charge in [0.1, 0.15) is 11.9 Å². The second-order valence-electron chi connectivity index (χ2n) is 7.18. The molecule has 0 spiro atoms. The number of fused-ring (bicyclic) bond motifs is 4. The van der Waals surface area contributed by atoms with E-state index >= 15 is 0 Å². The van der Waals surface area contributed by atoms with Crippen LogP contribution in [0.3, 0.4) is 0 Å². The van der Waals surface area contributed by atoms with Crippen molar-refractivity contribution in [3.05, 3.63) is 48.7 Å². The highest BCUT2D eigenvalue weighted by Crippen LogP contribution is 2.43. The maximum absolute atomic E-state index is 11.3. The summed E-state index contributed by atoms with van der Waals surface area (Å²) in [6.07, 6.45) is 5.76. The van der Waals surface area contributed by atoms with E-state index < -0.39 is 0 Å². The molecule has 0 N–H and O–H groups in total. The highest BCUT2D eigenvalue weighted by Gasteiger charge is 2.43. The molecule has 5 rings (SSSR count). The van der Waals surface area contributed by atoms with Gasteiger partial charge in [0.15, 0.2) is 0 Å². The number of nitrogens with zero attached hydrogens (tertiary/aromatic N) is 2. The van der Waals surface area contributed by atoms with E-state index in [9.17, 15) is 4.79 Å². The van der Waals surface area contributed by atoms with Gasteiger partial charge in [-0.1, -0.05) is 6.08 Å². The van der Waals surface area contributed by atoms with Crippen LogP contribution in [0, 0.1) is 11.8 Å². The Morgan fingerprint density at radius 3 is 2.96 bits per heavy atom. The summed E-state index contributed by atoms with van der Waals surface area (Å²) in [5.74, 6) is 1.92. The van der Waals surface area contributed by atoms with Crippen molar-refractivity contribution in [3.8, 4) is 5.75 Å². The summed E-state index contributed by atoms with van der Waals surface area (Å²) in [7, 11) is 1.65. The molecule has 3 aliphatic heterocycles. The molecule has 2 bridgehead atoms. The Balaban J connectivity index is 1.75. The molecule has 1 aromatic carbocycles. The molecule has 26 heavy (non-hydrogen) atoms. The lowest BCUT2D eigenvalue weighted by Crippen LogP contribution is -2.55. The summed E-state index contributed by atoms with van der Waals surface area (Å²) in [6, 6.07) is 7.96. The molecule has 5 atom stereocenters. The van der Waals surface area contributed by atoms with Crippen molar-refractivity contribution in [2.45, 2.75) is 25.0 Å². The van der Waals surface area contributed by atoms with Gasteiger partial charge in [-0.25, -0.2) is 0 Å². The lowest BCUT2D eigenvalue weighted by molar-refractivity contribution is -0.141. The van der Waals surface area contributed by atoms with E-state index in [0.717, 1.165) is 41.7 Å². The van der Waals surface area contributed by atoms with Crippen molar-refractivity contribution >= 4 is 17.4 Å². The Labute approximate surface area is 153 Å². The van der Waals surface area contributed by atoms with Crippen LogP contribution < -0.4 is 4.74 Å². The minimum Gasteiger partial charge on any atom is -0.497 e. The molecule has 3 fully saturated rings. The summed E-state index contributed by atoms with van der Waals surface area (Å²) in [4.78, 5) is 18.2. The van der Waals surface area contributed by atoms with Gasteiger partial charge in [0.05, 0.1) is 18.7 Å². The van der Waals surface area contributed by atoms with Crippen LogP contribution in [0.25, 0.3) is 10.9 Å². The van der Waals surface area contributed by atoms with Crippen LogP contribution in [0.4, 0.5) is 0 Å². The van der Waals surface area contributed by atoms with Crippen molar-refractivity contribution in [3.63, 3.8) is 0 Å². The van der Waals surface area contributed by atoms with Crippen molar-refractivity contribution in [1.29, 1.82) is 0 Å². The fraction of sp³-hybridized carbons (Fsp3) is 0.429. The summed E-state index contributed by atoms with van der Waals surface area (Å²) >= 11 is 0. The number of pyridine rings is 1. The molecule has 3 saturated heterocycles. The monoisotopic (exact) mass is 352 g/mol. The Bertz CT molecular complexity index is 822. The van der Waals surface area contributed by atoms with Crippen LogP contribution in [0.2, 0.25) is 0 Å². The van der Waals surface area contributed by atoms with Gasteiger partial charge in [0, 0.05) is 23.7 Å². The number of methoxy groups -OCH3 is 1. The van der Waals surface area contributed by atoms with Crippen LogP contribution in [0.5, 0.6) is 5.75 Å². The van der Waals surface area contributed by atoms with E-state index in [1.807, 2.05) is 24.3 Å². The number of carbonyl (C=O) groups excluding carboxylic acids is 1. The Morgan fingerprint density at radius 2 is 2.27 bits per heavy atom. The normalized spacial score (nSPS) is 28.5. The highest BCUT2D eigenvalue weighted by molar-refractivity contribution is 5.84. The summed E-state index contributed by atoms with van der Waals surface area (Å²) in [5, 5.41) is 0.974. The van der Waals surface area contributed by atoms with Gasteiger partial charge in [-0.15, -0.1) is 6.58 Å². The third-order valence-electron chi connectivity index (χ3n) is 5.99. The van der Waals surface area contributed by atoms with Crippen LogP contribution in [-0.4, -0.2) is 42.6 Å². The zero-order valence-corrected chi connectivity index (χ0v) is 15.0. The SMILES string of the molecule is C=C[C@@H]1CN2CC[C@H]1C[C@@H]2[C@H](OC=O)c1ccnc2ccc(OC)cc12. The molecule has 1 unspecified atom stereocenters. The standard InChI is InChI=1S/C21H24N2O3/c1-3-14-12-23-9-7-15(14)10-20(23)21(26-13-24)17-6-8-22-19-5-4-16(25-2)11-18(17)19/h3-6,8,11,13-15,20-21H,1,7,9-10,12H2,2H3/t14-,15+,20-,21-/m1/s1. The second-order valence-corrected chi connectivity index (χ2v) is 7.18. The predicted octanol–water partition coefficient (Wildman–Crippen LogP) is 3.35. The molecule has 136 valence electrons.